The molecule has 0 spiro atoms. The molecule has 2 aromatic rings. The number of anilines is 1. The highest BCUT2D eigenvalue weighted by Gasteiger charge is 2.40. The second-order valence-corrected chi connectivity index (χ2v) is 6.76. The van der Waals surface area contributed by atoms with Gasteiger partial charge in [-0.25, -0.2) is 0 Å². The predicted octanol–water partition coefficient (Wildman–Crippen LogP) is 4.74. The Labute approximate surface area is 146 Å². The second-order valence-electron chi connectivity index (χ2n) is 6.76. The summed E-state index contributed by atoms with van der Waals surface area (Å²) in [6.07, 6.45) is 5.31. The summed E-state index contributed by atoms with van der Waals surface area (Å²) in [6.45, 7) is 2.08. The maximum atomic E-state index is 11.3. The minimum atomic E-state index is -0.359. The van der Waals surface area contributed by atoms with E-state index in [0.29, 0.717) is 11.7 Å². The molecule has 0 bridgehead atoms. The number of nitro benzene ring substituents is 1. The highest BCUT2D eigenvalue weighted by atomic mass is 16.6. The fourth-order valence-electron chi connectivity index (χ4n) is 4.02. The van der Waals surface area contributed by atoms with Gasteiger partial charge in [0.25, 0.3) is 5.69 Å². The molecule has 0 aromatic heterocycles. The molecule has 1 N–H and O–H groups in total. The number of hydrogen-bond donors (Lipinski definition) is 1. The van der Waals surface area contributed by atoms with Crippen LogP contribution < -0.4 is 10.1 Å². The first-order chi connectivity index (χ1) is 12.1. The standard InChI is InChI=1S/C20H20N2O3/c1-12-6-8-13(9-7-12)19-16-5-3-4-15(16)17-10-14(22(23)24)11-18(25-2)20(17)21-19/h3-4,6-11,15-16,19,21H,5H2,1-2H3/t15-,16-,19+/m1/s1. The van der Waals surface area contributed by atoms with E-state index in [9.17, 15) is 10.1 Å². The number of benzene rings is 2. The van der Waals surface area contributed by atoms with Gasteiger partial charge >= 0.3 is 0 Å². The number of allylic oxidation sites excluding steroid dienone is 2. The number of nitro groups is 1. The molecular weight excluding hydrogens is 316 g/mol. The Kier molecular flexibility index (Phi) is 3.71. The van der Waals surface area contributed by atoms with Crippen molar-refractivity contribution >= 4 is 11.4 Å². The summed E-state index contributed by atoms with van der Waals surface area (Å²) in [5.41, 5.74) is 4.36. The lowest BCUT2D eigenvalue weighted by molar-refractivity contribution is -0.385. The molecule has 2 aromatic carbocycles. The predicted molar refractivity (Wildman–Crippen MR) is 97.2 cm³/mol. The van der Waals surface area contributed by atoms with Crippen molar-refractivity contribution in [3.63, 3.8) is 0 Å². The summed E-state index contributed by atoms with van der Waals surface area (Å²) < 4.78 is 5.46. The number of rotatable bonds is 3. The summed E-state index contributed by atoms with van der Waals surface area (Å²) in [5, 5.41) is 14.9. The molecule has 1 aliphatic carbocycles. The van der Waals surface area contributed by atoms with E-state index >= 15 is 0 Å². The van der Waals surface area contributed by atoms with Gasteiger partial charge in [0, 0.05) is 12.0 Å². The Hall–Kier alpha value is -2.82. The zero-order valence-electron chi connectivity index (χ0n) is 14.2. The summed E-state index contributed by atoms with van der Waals surface area (Å²) in [7, 11) is 1.55. The Morgan fingerprint density at radius 3 is 2.68 bits per heavy atom. The van der Waals surface area contributed by atoms with Crippen LogP contribution in [0.15, 0.2) is 48.6 Å². The highest BCUT2D eigenvalue weighted by molar-refractivity contribution is 5.71. The normalized spacial score (nSPS) is 23.5. The van der Waals surface area contributed by atoms with Crippen molar-refractivity contribution in [2.75, 3.05) is 12.4 Å². The third-order valence-electron chi connectivity index (χ3n) is 5.28. The summed E-state index contributed by atoms with van der Waals surface area (Å²) in [4.78, 5) is 10.9. The van der Waals surface area contributed by atoms with Crippen LogP contribution in [-0.4, -0.2) is 12.0 Å². The molecule has 2 aliphatic rings. The van der Waals surface area contributed by atoms with Crippen molar-refractivity contribution in [2.45, 2.75) is 25.3 Å². The number of aryl methyl sites for hydroxylation is 1. The summed E-state index contributed by atoms with van der Waals surface area (Å²) in [6, 6.07) is 11.9. The van der Waals surface area contributed by atoms with Crippen LogP contribution in [0, 0.1) is 23.0 Å². The molecule has 0 amide bonds. The zero-order valence-corrected chi connectivity index (χ0v) is 14.2. The van der Waals surface area contributed by atoms with Gasteiger partial charge in [-0.3, -0.25) is 10.1 Å². The first-order valence-corrected chi connectivity index (χ1v) is 8.44. The molecule has 5 nitrogen and oxygen atoms in total. The number of ether oxygens (including phenoxy) is 1. The summed E-state index contributed by atoms with van der Waals surface area (Å²) >= 11 is 0. The lowest BCUT2D eigenvalue weighted by Gasteiger charge is -2.38. The molecule has 128 valence electrons. The molecule has 5 heteroatoms. The molecule has 3 atom stereocenters. The molecule has 0 radical (unpaired) electrons. The van der Waals surface area contributed by atoms with E-state index in [2.05, 4.69) is 48.7 Å². The first kappa shape index (κ1) is 15.7. The number of nitrogens with one attached hydrogen (secondary N) is 1. The molecule has 0 fully saturated rings. The van der Waals surface area contributed by atoms with Crippen molar-refractivity contribution < 1.29 is 9.66 Å². The zero-order chi connectivity index (χ0) is 17.6. The number of fused-ring (bicyclic) bond motifs is 3. The fraction of sp³-hybridized carbons (Fsp3) is 0.300. The van der Waals surface area contributed by atoms with Crippen LogP contribution in [0.5, 0.6) is 5.75 Å². The molecule has 0 saturated carbocycles. The molecule has 0 unspecified atom stereocenters. The van der Waals surface area contributed by atoms with Crippen LogP contribution >= 0.6 is 0 Å². The van der Waals surface area contributed by atoms with Gasteiger partial charge in [-0.05, 0) is 30.4 Å². The van der Waals surface area contributed by atoms with Gasteiger partial charge in [-0.15, -0.1) is 0 Å². The van der Waals surface area contributed by atoms with E-state index in [4.69, 9.17) is 4.74 Å². The minimum absolute atomic E-state index is 0.0743. The van der Waals surface area contributed by atoms with Gasteiger partial charge in [0.15, 0.2) is 0 Å². The van der Waals surface area contributed by atoms with Crippen molar-refractivity contribution in [1.29, 1.82) is 0 Å². The Bertz CT molecular complexity index is 858. The first-order valence-electron chi connectivity index (χ1n) is 8.44. The third kappa shape index (κ3) is 2.56. The van der Waals surface area contributed by atoms with Gasteiger partial charge in [-0.2, -0.15) is 0 Å². The molecule has 25 heavy (non-hydrogen) atoms. The van der Waals surface area contributed by atoms with Crippen LogP contribution in [0.3, 0.4) is 0 Å². The number of hydrogen-bond acceptors (Lipinski definition) is 4. The number of nitrogens with zero attached hydrogens (tertiary/aromatic N) is 1. The summed E-state index contributed by atoms with van der Waals surface area (Å²) in [5.74, 6) is 1.04. The minimum Gasteiger partial charge on any atom is -0.494 e. The van der Waals surface area contributed by atoms with Gasteiger partial charge < -0.3 is 10.1 Å². The third-order valence-corrected chi connectivity index (χ3v) is 5.28. The van der Waals surface area contributed by atoms with Gasteiger partial charge in [0.05, 0.1) is 29.8 Å². The lowest BCUT2D eigenvalue weighted by atomic mass is 9.76. The maximum Gasteiger partial charge on any atom is 0.273 e. The van der Waals surface area contributed by atoms with Gasteiger partial charge in [-0.1, -0.05) is 42.0 Å². The number of non-ortho nitro benzene ring substituents is 1. The van der Waals surface area contributed by atoms with E-state index in [-0.39, 0.29) is 22.6 Å². The maximum absolute atomic E-state index is 11.3. The van der Waals surface area contributed by atoms with E-state index in [1.165, 1.54) is 17.2 Å². The smallest absolute Gasteiger partial charge is 0.273 e. The van der Waals surface area contributed by atoms with E-state index in [1.54, 1.807) is 13.2 Å². The Morgan fingerprint density at radius 1 is 1.24 bits per heavy atom. The quantitative estimate of drug-likeness (QED) is 0.499. The molecule has 0 saturated heterocycles. The van der Waals surface area contributed by atoms with E-state index in [1.807, 2.05) is 0 Å². The van der Waals surface area contributed by atoms with Crippen LogP contribution in [0.25, 0.3) is 0 Å². The molecular formula is C20H20N2O3. The van der Waals surface area contributed by atoms with Crippen molar-refractivity contribution in [1.82, 2.24) is 0 Å². The van der Waals surface area contributed by atoms with E-state index < -0.39 is 0 Å². The highest BCUT2D eigenvalue weighted by Crippen LogP contribution is 2.53. The van der Waals surface area contributed by atoms with Crippen molar-refractivity contribution in [2.24, 2.45) is 5.92 Å². The average molecular weight is 336 g/mol. The monoisotopic (exact) mass is 336 g/mol. The number of methoxy groups -OCH3 is 1. The lowest BCUT2D eigenvalue weighted by Crippen LogP contribution is -2.29. The van der Waals surface area contributed by atoms with E-state index in [0.717, 1.165) is 17.7 Å². The molecule has 1 aliphatic heterocycles. The largest absolute Gasteiger partial charge is 0.494 e. The average Bonchev–Trinajstić information content (AvgIpc) is 3.10. The van der Waals surface area contributed by atoms with Crippen molar-refractivity contribution in [3.8, 4) is 5.75 Å². The SMILES string of the molecule is COc1cc([N+](=O)[O-])cc2c1N[C@@H](c1ccc(C)cc1)[C@@H]1CC=C[C@@H]21. The Balaban J connectivity index is 1.84. The van der Waals surface area contributed by atoms with Crippen LogP contribution in [0.2, 0.25) is 0 Å². The fourth-order valence-corrected chi connectivity index (χ4v) is 4.02. The van der Waals surface area contributed by atoms with Gasteiger partial charge in [0.2, 0.25) is 0 Å². The Morgan fingerprint density at radius 2 is 2.00 bits per heavy atom. The van der Waals surface area contributed by atoms with Crippen LogP contribution in [0.4, 0.5) is 11.4 Å². The molecule has 1 heterocycles. The van der Waals surface area contributed by atoms with Crippen molar-refractivity contribution in [3.05, 3.63) is 75.4 Å². The second kappa shape index (κ2) is 5.92. The molecule has 4 rings (SSSR count). The topological polar surface area (TPSA) is 64.4 Å². The van der Waals surface area contributed by atoms with Crippen LogP contribution in [0.1, 0.15) is 35.1 Å². The van der Waals surface area contributed by atoms with Crippen LogP contribution in [-0.2, 0) is 0 Å². The van der Waals surface area contributed by atoms with Gasteiger partial charge in [0.1, 0.15) is 5.75 Å².